The van der Waals surface area contributed by atoms with Crippen LogP contribution in [-0.2, 0) is 22.6 Å². The van der Waals surface area contributed by atoms with Gasteiger partial charge in [0.05, 0.1) is 6.42 Å². The van der Waals surface area contributed by atoms with Crippen molar-refractivity contribution in [3.8, 4) is 0 Å². The zero-order valence-electron chi connectivity index (χ0n) is 17.3. The first-order chi connectivity index (χ1) is 13.1. The quantitative estimate of drug-likeness (QED) is 0.774. The summed E-state index contributed by atoms with van der Waals surface area (Å²) in [6.45, 7) is 9.81. The number of benzene rings is 2. The Labute approximate surface area is 172 Å². The summed E-state index contributed by atoms with van der Waals surface area (Å²) in [5.74, 6) is -0.294. The van der Waals surface area contributed by atoms with Crippen molar-refractivity contribution in [3.63, 3.8) is 0 Å². The minimum Gasteiger partial charge on any atom is -0.350 e. The van der Waals surface area contributed by atoms with Gasteiger partial charge in [0.2, 0.25) is 11.8 Å². The summed E-state index contributed by atoms with van der Waals surface area (Å²) < 4.78 is 0. The molecule has 2 aromatic rings. The second-order valence-corrected chi connectivity index (χ2v) is 8.60. The molecule has 0 aliphatic rings. The van der Waals surface area contributed by atoms with E-state index in [1.54, 1.807) is 17.9 Å². The standard InChI is InChI=1S/C23H29ClN2O2/c1-16-10-12-18(13-11-16)14-21(27)26(15-19-8-6-7-9-20(19)24)17(2)22(28)25-23(3,4)5/h6-13,17H,14-15H2,1-5H3,(H,25,28). The van der Waals surface area contributed by atoms with Gasteiger partial charge >= 0.3 is 0 Å². The lowest BCUT2D eigenvalue weighted by Gasteiger charge is -2.31. The smallest absolute Gasteiger partial charge is 0.242 e. The molecule has 0 spiro atoms. The van der Waals surface area contributed by atoms with Crippen LogP contribution < -0.4 is 5.32 Å². The zero-order chi connectivity index (χ0) is 20.9. The van der Waals surface area contributed by atoms with Crippen molar-refractivity contribution >= 4 is 23.4 Å². The number of carbonyl (C=O) groups is 2. The molecule has 0 aliphatic heterocycles. The maximum atomic E-state index is 13.1. The topological polar surface area (TPSA) is 49.4 Å². The third-order valence-electron chi connectivity index (χ3n) is 4.44. The predicted octanol–water partition coefficient (Wildman–Crippen LogP) is 4.52. The van der Waals surface area contributed by atoms with Crippen LogP contribution in [0.5, 0.6) is 0 Å². The van der Waals surface area contributed by atoms with E-state index >= 15 is 0 Å². The molecular formula is C23H29ClN2O2. The first-order valence-corrected chi connectivity index (χ1v) is 9.85. The highest BCUT2D eigenvalue weighted by Gasteiger charge is 2.28. The molecule has 0 saturated carbocycles. The third-order valence-corrected chi connectivity index (χ3v) is 4.81. The van der Waals surface area contributed by atoms with Gasteiger partial charge in [0, 0.05) is 17.1 Å². The van der Waals surface area contributed by atoms with E-state index in [1.165, 1.54) is 0 Å². The van der Waals surface area contributed by atoms with Gasteiger partial charge in [-0.2, -0.15) is 0 Å². The molecule has 4 nitrogen and oxygen atoms in total. The van der Waals surface area contributed by atoms with E-state index in [1.807, 2.05) is 70.2 Å². The minimum atomic E-state index is -0.617. The van der Waals surface area contributed by atoms with E-state index in [0.29, 0.717) is 5.02 Å². The molecule has 1 unspecified atom stereocenters. The van der Waals surface area contributed by atoms with Gasteiger partial charge in [-0.15, -0.1) is 0 Å². The molecule has 1 N–H and O–H groups in total. The minimum absolute atomic E-state index is 0.111. The monoisotopic (exact) mass is 400 g/mol. The summed E-state index contributed by atoms with van der Waals surface area (Å²) in [6.07, 6.45) is 0.234. The Morgan fingerprint density at radius 2 is 1.68 bits per heavy atom. The van der Waals surface area contributed by atoms with Gasteiger partial charge in [0.25, 0.3) is 0 Å². The number of nitrogens with one attached hydrogen (secondary N) is 1. The van der Waals surface area contributed by atoms with Crippen molar-refractivity contribution in [1.82, 2.24) is 10.2 Å². The summed E-state index contributed by atoms with van der Waals surface area (Å²) in [4.78, 5) is 27.5. The molecule has 2 rings (SSSR count). The molecule has 0 aromatic heterocycles. The Balaban J connectivity index is 2.26. The molecule has 0 heterocycles. The van der Waals surface area contributed by atoms with Crippen molar-refractivity contribution in [2.45, 2.75) is 59.2 Å². The number of amides is 2. The van der Waals surface area contributed by atoms with Gasteiger partial charge in [-0.3, -0.25) is 9.59 Å². The van der Waals surface area contributed by atoms with Crippen molar-refractivity contribution in [1.29, 1.82) is 0 Å². The first-order valence-electron chi connectivity index (χ1n) is 9.47. The van der Waals surface area contributed by atoms with Crippen molar-refractivity contribution in [3.05, 3.63) is 70.2 Å². The molecule has 150 valence electrons. The van der Waals surface area contributed by atoms with Gasteiger partial charge in [0.15, 0.2) is 0 Å². The number of halogens is 1. The Morgan fingerprint density at radius 1 is 1.07 bits per heavy atom. The SMILES string of the molecule is Cc1ccc(CC(=O)N(Cc2ccccc2Cl)C(C)C(=O)NC(C)(C)C)cc1. The van der Waals surface area contributed by atoms with Crippen LogP contribution in [0.25, 0.3) is 0 Å². The first kappa shape index (κ1) is 22.0. The summed E-state index contributed by atoms with van der Waals surface area (Å²) >= 11 is 6.30. The van der Waals surface area contributed by atoms with Crippen LogP contribution in [0, 0.1) is 6.92 Å². The molecule has 28 heavy (non-hydrogen) atoms. The van der Waals surface area contributed by atoms with Gasteiger partial charge in [-0.1, -0.05) is 59.6 Å². The van der Waals surface area contributed by atoms with Crippen LogP contribution in [0.15, 0.2) is 48.5 Å². The molecule has 2 aromatic carbocycles. The van der Waals surface area contributed by atoms with Crippen LogP contribution in [0.1, 0.15) is 44.4 Å². The maximum Gasteiger partial charge on any atom is 0.242 e. The second-order valence-electron chi connectivity index (χ2n) is 8.19. The molecular weight excluding hydrogens is 372 g/mol. The highest BCUT2D eigenvalue weighted by Crippen LogP contribution is 2.20. The van der Waals surface area contributed by atoms with E-state index in [0.717, 1.165) is 16.7 Å². The fraction of sp³-hybridized carbons (Fsp3) is 0.391. The predicted molar refractivity (Wildman–Crippen MR) is 114 cm³/mol. The molecule has 0 saturated heterocycles. The van der Waals surface area contributed by atoms with Crippen molar-refractivity contribution in [2.75, 3.05) is 0 Å². The van der Waals surface area contributed by atoms with E-state index in [-0.39, 0.29) is 30.3 Å². The van der Waals surface area contributed by atoms with Crippen LogP contribution >= 0.6 is 11.6 Å². The number of nitrogens with zero attached hydrogens (tertiary/aromatic N) is 1. The van der Waals surface area contributed by atoms with Gasteiger partial charge in [-0.25, -0.2) is 0 Å². The fourth-order valence-electron chi connectivity index (χ4n) is 2.85. The molecule has 0 aliphatic carbocycles. The average Bonchev–Trinajstić information content (AvgIpc) is 2.61. The number of carbonyl (C=O) groups excluding carboxylic acids is 2. The van der Waals surface area contributed by atoms with Crippen molar-refractivity contribution in [2.24, 2.45) is 0 Å². The molecule has 1 atom stereocenters. The van der Waals surface area contributed by atoms with E-state index in [4.69, 9.17) is 11.6 Å². The highest BCUT2D eigenvalue weighted by molar-refractivity contribution is 6.31. The number of hydrogen-bond acceptors (Lipinski definition) is 2. The zero-order valence-corrected chi connectivity index (χ0v) is 18.0. The largest absolute Gasteiger partial charge is 0.350 e. The van der Waals surface area contributed by atoms with E-state index < -0.39 is 6.04 Å². The Kier molecular flexibility index (Phi) is 7.25. The van der Waals surface area contributed by atoms with Gasteiger partial charge in [0.1, 0.15) is 6.04 Å². The molecule has 0 bridgehead atoms. The van der Waals surface area contributed by atoms with Crippen LogP contribution in [0.3, 0.4) is 0 Å². The van der Waals surface area contributed by atoms with E-state index in [9.17, 15) is 9.59 Å². The van der Waals surface area contributed by atoms with Gasteiger partial charge < -0.3 is 10.2 Å². The lowest BCUT2D eigenvalue weighted by molar-refractivity contribution is -0.140. The highest BCUT2D eigenvalue weighted by atomic mass is 35.5. The van der Waals surface area contributed by atoms with Gasteiger partial charge in [-0.05, 0) is 51.8 Å². The lowest BCUT2D eigenvalue weighted by Crippen LogP contribution is -2.52. The Morgan fingerprint density at radius 3 is 2.25 bits per heavy atom. The summed E-state index contributed by atoms with van der Waals surface area (Å²) in [6, 6.07) is 14.6. The Hall–Kier alpha value is -2.33. The van der Waals surface area contributed by atoms with Crippen LogP contribution in [-0.4, -0.2) is 28.3 Å². The normalized spacial score (nSPS) is 12.4. The number of rotatable bonds is 6. The maximum absolute atomic E-state index is 13.1. The second kappa shape index (κ2) is 9.24. The third kappa shape index (κ3) is 6.38. The average molecular weight is 401 g/mol. The molecule has 5 heteroatoms. The van der Waals surface area contributed by atoms with Crippen LogP contribution in [0.2, 0.25) is 5.02 Å². The molecule has 0 fully saturated rings. The molecule has 0 radical (unpaired) electrons. The summed E-state index contributed by atoms with van der Waals surface area (Å²) in [7, 11) is 0. The lowest BCUT2D eigenvalue weighted by atomic mass is 10.1. The van der Waals surface area contributed by atoms with Crippen molar-refractivity contribution < 1.29 is 9.59 Å². The van der Waals surface area contributed by atoms with Crippen LogP contribution in [0.4, 0.5) is 0 Å². The fourth-order valence-corrected chi connectivity index (χ4v) is 3.04. The number of aryl methyl sites for hydroxylation is 1. The number of hydrogen-bond donors (Lipinski definition) is 1. The van der Waals surface area contributed by atoms with E-state index in [2.05, 4.69) is 5.32 Å². The summed E-state index contributed by atoms with van der Waals surface area (Å²) in [5, 5.41) is 3.54. The molecule has 2 amide bonds. The Bertz CT molecular complexity index is 825. The summed E-state index contributed by atoms with van der Waals surface area (Å²) in [5.41, 5.74) is 2.50.